The molecule has 1 saturated heterocycles. The van der Waals surface area contributed by atoms with Gasteiger partial charge in [-0.2, -0.15) is 0 Å². The van der Waals surface area contributed by atoms with E-state index in [1.807, 2.05) is 24.3 Å². The second-order valence-corrected chi connectivity index (χ2v) is 8.46. The molecule has 1 amide bonds. The van der Waals surface area contributed by atoms with Crippen LogP contribution in [-0.4, -0.2) is 60.7 Å². The van der Waals surface area contributed by atoms with Crippen LogP contribution in [0.2, 0.25) is 0 Å². The van der Waals surface area contributed by atoms with Gasteiger partial charge in [-0.25, -0.2) is 9.97 Å². The maximum atomic E-state index is 13.2. The van der Waals surface area contributed by atoms with E-state index in [1.165, 1.54) is 0 Å². The third-order valence-electron chi connectivity index (χ3n) is 5.18. The van der Waals surface area contributed by atoms with Crippen molar-refractivity contribution in [2.24, 2.45) is 0 Å². The number of carbonyl (C=O) groups is 1. The van der Waals surface area contributed by atoms with Crippen molar-refractivity contribution < 1.29 is 14.3 Å². The van der Waals surface area contributed by atoms with Gasteiger partial charge in [0.1, 0.15) is 16.0 Å². The molecule has 1 aromatic heterocycles. The van der Waals surface area contributed by atoms with Crippen LogP contribution in [-0.2, 0) is 16.1 Å². The summed E-state index contributed by atoms with van der Waals surface area (Å²) in [6.07, 6.45) is 2.17. The van der Waals surface area contributed by atoms with Crippen LogP contribution in [0.15, 0.2) is 45.8 Å². The van der Waals surface area contributed by atoms with Gasteiger partial charge >= 0.3 is 0 Å². The first-order valence-corrected chi connectivity index (χ1v) is 11.2. The summed E-state index contributed by atoms with van der Waals surface area (Å²) in [5.41, 5.74) is 1.36. The second-order valence-electron chi connectivity index (χ2n) is 7.19. The lowest BCUT2D eigenvalue weighted by Gasteiger charge is -2.31. The van der Waals surface area contributed by atoms with Gasteiger partial charge < -0.3 is 24.6 Å². The lowest BCUT2D eigenvalue weighted by molar-refractivity contribution is -0.128. The molecule has 1 N–H and O–H groups in total. The monoisotopic (exact) mass is 507 g/mol. The van der Waals surface area contributed by atoms with Gasteiger partial charge in [-0.1, -0.05) is 23.7 Å². The zero-order chi connectivity index (χ0) is 21.8. The van der Waals surface area contributed by atoms with Crippen LogP contribution in [0.4, 0.5) is 11.6 Å². The number of ether oxygens (including phenoxy) is 2. The van der Waals surface area contributed by atoms with E-state index in [4.69, 9.17) is 21.1 Å². The molecule has 4 rings (SSSR count). The molecule has 164 valence electrons. The number of morpholine rings is 1. The molecule has 3 heterocycles. The van der Waals surface area contributed by atoms with Gasteiger partial charge in [-0.3, -0.25) is 4.79 Å². The zero-order valence-corrected chi connectivity index (χ0v) is 19.4. The van der Waals surface area contributed by atoms with E-state index in [0.717, 1.165) is 11.3 Å². The van der Waals surface area contributed by atoms with E-state index < -0.39 is 0 Å². The van der Waals surface area contributed by atoms with Crippen LogP contribution in [0.25, 0.3) is 0 Å². The molecule has 10 heteroatoms. The Kier molecular flexibility index (Phi) is 6.94. The normalized spacial score (nSPS) is 17.2. The molecule has 31 heavy (non-hydrogen) atoms. The van der Waals surface area contributed by atoms with Crippen molar-refractivity contribution in [2.45, 2.75) is 13.0 Å². The zero-order valence-electron chi connectivity index (χ0n) is 17.1. The standard InChI is InChI=1S/C21H23BrClN5O3/c1-30-15-4-2-14(3-5-15)13-28-7-6-16(23)18(21(28)29)26-19-20(25-17(22)12-24-19)27-8-10-31-11-9-27/h2-5,12H,6-11,13H2,1H3,(H,24,26). The number of aromatic nitrogens is 2. The summed E-state index contributed by atoms with van der Waals surface area (Å²) in [4.78, 5) is 26.1. The quantitative estimate of drug-likeness (QED) is 0.641. The molecule has 0 bridgehead atoms. The molecule has 0 saturated carbocycles. The molecule has 8 nitrogen and oxygen atoms in total. The molecule has 2 aliphatic heterocycles. The van der Waals surface area contributed by atoms with Gasteiger partial charge in [-0.15, -0.1) is 0 Å². The smallest absolute Gasteiger partial charge is 0.271 e. The fourth-order valence-electron chi connectivity index (χ4n) is 3.52. The Hall–Kier alpha value is -2.36. The van der Waals surface area contributed by atoms with Crippen LogP contribution < -0.4 is 15.0 Å². The fraction of sp³-hybridized carbons (Fsp3) is 0.381. The number of benzene rings is 1. The molecule has 0 radical (unpaired) electrons. The first-order chi connectivity index (χ1) is 15.0. The minimum atomic E-state index is -0.162. The number of hydrogen-bond acceptors (Lipinski definition) is 7. The predicted octanol–water partition coefficient (Wildman–Crippen LogP) is 3.38. The highest BCUT2D eigenvalue weighted by Gasteiger charge is 2.28. The van der Waals surface area contributed by atoms with Crippen LogP contribution in [0.3, 0.4) is 0 Å². The number of nitrogens with one attached hydrogen (secondary N) is 1. The van der Waals surface area contributed by atoms with Crippen LogP contribution in [0.1, 0.15) is 12.0 Å². The van der Waals surface area contributed by atoms with Gasteiger partial charge in [0.2, 0.25) is 0 Å². The molecule has 0 aliphatic carbocycles. The Labute approximate surface area is 194 Å². The number of amides is 1. The van der Waals surface area contributed by atoms with E-state index in [-0.39, 0.29) is 5.91 Å². The summed E-state index contributed by atoms with van der Waals surface area (Å²) in [7, 11) is 1.63. The molecule has 0 atom stereocenters. The highest BCUT2D eigenvalue weighted by molar-refractivity contribution is 9.10. The highest BCUT2D eigenvalue weighted by atomic mass is 79.9. The van der Waals surface area contributed by atoms with Crippen molar-refractivity contribution in [3.63, 3.8) is 0 Å². The van der Waals surface area contributed by atoms with Crippen molar-refractivity contribution in [1.29, 1.82) is 0 Å². The summed E-state index contributed by atoms with van der Waals surface area (Å²) < 4.78 is 11.3. The largest absolute Gasteiger partial charge is 0.497 e. The number of rotatable bonds is 6. The Morgan fingerprint density at radius 3 is 2.68 bits per heavy atom. The van der Waals surface area contributed by atoms with E-state index in [2.05, 4.69) is 36.1 Å². The number of halogens is 2. The molecular formula is C21H23BrClN5O3. The third-order valence-corrected chi connectivity index (χ3v) is 5.94. The Balaban J connectivity index is 1.54. The van der Waals surface area contributed by atoms with Crippen molar-refractivity contribution in [1.82, 2.24) is 14.9 Å². The van der Waals surface area contributed by atoms with Crippen LogP contribution in [0, 0.1) is 0 Å². The summed E-state index contributed by atoms with van der Waals surface area (Å²) in [5, 5.41) is 3.66. The average Bonchev–Trinajstić information content (AvgIpc) is 2.80. The Bertz CT molecular complexity index is 979. The predicted molar refractivity (Wildman–Crippen MR) is 122 cm³/mol. The molecule has 2 aromatic rings. The van der Waals surface area contributed by atoms with Crippen molar-refractivity contribution in [3.8, 4) is 5.75 Å². The van der Waals surface area contributed by atoms with Crippen LogP contribution >= 0.6 is 27.5 Å². The minimum absolute atomic E-state index is 0.162. The van der Waals surface area contributed by atoms with Crippen molar-refractivity contribution >= 4 is 45.1 Å². The summed E-state index contributed by atoms with van der Waals surface area (Å²) in [6.45, 7) is 3.67. The van der Waals surface area contributed by atoms with E-state index in [9.17, 15) is 4.79 Å². The van der Waals surface area contributed by atoms with Gasteiger partial charge in [0, 0.05) is 37.6 Å². The summed E-state index contributed by atoms with van der Waals surface area (Å²) >= 11 is 9.85. The maximum Gasteiger partial charge on any atom is 0.271 e. The average molecular weight is 509 g/mol. The first-order valence-electron chi connectivity index (χ1n) is 9.98. The van der Waals surface area contributed by atoms with Crippen LogP contribution in [0.5, 0.6) is 5.75 Å². The Morgan fingerprint density at radius 1 is 1.23 bits per heavy atom. The molecule has 2 aliphatic rings. The topological polar surface area (TPSA) is 79.8 Å². The molecule has 1 aromatic carbocycles. The van der Waals surface area contributed by atoms with E-state index in [0.29, 0.717) is 72.8 Å². The third kappa shape index (κ3) is 5.11. The lowest BCUT2D eigenvalue weighted by atomic mass is 10.1. The van der Waals surface area contributed by atoms with Crippen molar-refractivity contribution in [3.05, 3.63) is 51.4 Å². The number of methoxy groups -OCH3 is 1. The number of anilines is 2. The molecule has 0 spiro atoms. The maximum absolute atomic E-state index is 13.2. The number of nitrogens with zero attached hydrogens (tertiary/aromatic N) is 4. The minimum Gasteiger partial charge on any atom is -0.497 e. The lowest BCUT2D eigenvalue weighted by Crippen LogP contribution is -2.39. The summed E-state index contributed by atoms with van der Waals surface area (Å²) in [6, 6.07) is 7.68. The second kappa shape index (κ2) is 9.84. The first kappa shape index (κ1) is 21.9. The fourth-order valence-corrected chi connectivity index (χ4v) is 4.00. The van der Waals surface area contributed by atoms with Gasteiger partial charge in [0.25, 0.3) is 5.91 Å². The molecule has 0 unspecified atom stereocenters. The van der Waals surface area contributed by atoms with Gasteiger partial charge in [0.15, 0.2) is 11.6 Å². The number of carbonyl (C=O) groups excluding carboxylic acids is 1. The molecular weight excluding hydrogens is 486 g/mol. The van der Waals surface area contributed by atoms with Gasteiger partial charge in [0.05, 0.1) is 26.5 Å². The van der Waals surface area contributed by atoms with Crippen molar-refractivity contribution in [2.75, 3.05) is 50.2 Å². The highest BCUT2D eigenvalue weighted by Crippen LogP contribution is 2.30. The summed E-state index contributed by atoms with van der Waals surface area (Å²) in [5.74, 6) is 1.78. The molecule has 1 fully saturated rings. The SMILES string of the molecule is COc1ccc(CN2CCC(Cl)=C(Nc3ncc(Br)nc3N3CCOCC3)C2=O)cc1. The van der Waals surface area contributed by atoms with Gasteiger partial charge in [-0.05, 0) is 33.6 Å². The number of hydrogen-bond donors (Lipinski definition) is 1. The van der Waals surface area contributed by atoms with E-state index in [1.54, 1.807) is 18.2 Å². The Morgan fingerprint density at radius 2 is 1.97 bits per heavy atom. The van der Waals surface area contributed by atoms with E-state index >= 15 is 0 Å².